The van der Waals surface area contributed by atoms with Gasteiger partial charge in [-0.1, -0.05) is 118 Å². The van der Waals surface area contributed by atoms with E-state index < -0.39 is 0 Å². The Balaban J connectivity index is 1.46. The molecule has 0 radical (unpaired) electrons. The SMILES string of the molecule is CCC(C)(C)c1ccc(-c2ccc(N(c3ccccc3)c3ccc(-c4ccccc4)cc3)cc2)cc1. The summed E-state index contributed by atoms with van der Waals surface area (Å²) >= 11 is 0. The summed E-state index contributed by atoms with van der Waals surface area (Å²) in [6.07, 6.45) is 1.13. The van der Waals surface area contributed by atoms with Crippen molar-refractivity contribution in [1.29, 1.82) is 0 Å². The molecular formula is C35H33N. The molecular weight excluding hydrogens is 434 g/mol. The van der Waals surface area contributed by atoms with Crippen molar-refractivity contribution in [2.45, 2.75) is 32.6 Å². The quantitative estimate of drug-likeness (QED) is 0.230. The van der Waals surface area contributed by atoms with Gasteiger partial charge in [0.05, 0.1) is 0 Å². The first-order valence-corrected chi connectivity index (χ1v) is 12.8. The Morgan fingerprint density at radius 1 is 0.444 bits per heavy atom. The Bertz CT molecular complexity index is 1380. The van der Waals surface area contributed by atoms with Crippen molar-refractivity contribution in [3.63, 3.8) is 0 Å². The lowest BCUT2D eigenvalue weighted by atomic mass is 9.82. The minimum absolute atomic E-state index is 0.203. The molecule has 0 amide bonds. The summed E-state index contributed by atoms with van der Waals surface area (Å²) in [6.45, 7) is 6.86. The van der Waals surface area contributed by atoms with Gasteiger partial charge in [0.15, 0.2) is 0 Å². The van der Waals surface area contributed by atoms with Crippen LogP contribution in [0.1, 0.15) is 32.8 Å². The number of rotatable bonds is 7. The van der Waals surface area contributed by atoms with Crippen LogP contribution in [0.4, 0.5) is 17.1 Å². The fraction of sp³-hybridized carbons (Fsp3) is 0.143. The van der Waals surface area contributed by atoms with Gasteiger partial charge in [-0.25, -0.2) is 0 Å². The molecule has 0 spiro atoms. The molecule has 0 atom stereocenters. The maximum atomic E-state index is 2.31. The highest BCUT2D eigenvalue weighted by Gasteiger charge is 2.18. The van der Waals surface area contributed by atoms with E-state index in [0.717, 1.165) is 23.5 Å². The first-order chi connectivity index (χ1) is 17.5. The van der Waals surface area contributed by atoms with E-state index in [4.69, 9.17) is 0 Å². The summed E-state index contributed by atoms with van der Waals surface area (Å²) in [6, 6.07) is 47.8. The van der Waals surface area contributed by atoms with Crippen LogP contribution in [0.2, 0.25) is 0 Å². The molecule has 1 nitrogen and oxygen atoms in total. The van der Waals surface area contributed by atoms with Gasteiger partial charge in [-0.2, -0.15) is 0 Å². The Morgan fingerprint density at radius 3 is 1.25 bits per heavy atom. The first-order valence-electron chi connectivity index (χ1n) is 12.8. The molecule has 5 aromatic rings. The van der Waals surface area contributed by atoms with Crippen LogP contribution < -0.4 is 4.90 Å². The van der Waals surface area contributed by atoms with Crippen molar-refractivity contribution in [1.82, 2.24) is 0 Å². The highest BCUT2D eigenvalue weighted by molar-refractivity contribution is 5.79. The molecule has 0 saturated carbocycles. The summed E-state index contributed by atoms with van der Waals surface area (Å²) in [7, 11) is 0. The molecule has 0 aliphatic carbocycles. The number of anilines is 3. The van der Waals surface area contributed by atoms with Crippen LogP contribution >= 0.6 is 0 Å². The van der Waals surface area contributed by atoms with Crippen molar-refractivity contribution in [2.75, 3.05) is 4.90 Å². The van der Waals surface area contributed by atoms with Gasteiger partial charge in [-0.3, -0.25) is 0 Å². The Hall–Kier alpha value is -4.10. The Labute approximate surface area is 215 Å². The number of para-hydroxylation sites is 1. The zero-order valence-corrected chi connectivity index (χ0v) is 21.4. The lowest BCUT2D eigenvalue weighted by Crippen LogP contribution is -2.14. The predicted octanol–water partition coefficient (Wildman–Crippen LogP) is 10.2. The highest BCUT2D eigenvalue weighted by Crippen LogP contribution is 2.37. The van der Waals surface area contributed by atoms with Gasteiger partial charge in [0, 0.05) is 17.1 Å². The van der Waals surface area contributed by atoms with Crippen LogP contribution in [0.5, 0.6) is 0 Å². The lowest BCUT2D eigenvalue weighted by molar-refractivity contribution is 0.506. The minimum Gasteiger partial charge on any atom is -0.311 e. The van der Waals surface area contributed by atoms with Crippen LogP contribution in [-0.4, -0.2) is 0 Å². The van der Waals surface area contributed by atoms with Gasteiger partial charge in [0.2, 0.25) is 0 Å². The fourth-order valence-corrected chi connectivity index (χ4v) is 4.58. The normalized spacial score (nSPS) is 11.3. The second-order valence-corrected chi connectivity index (χ2v) is 9.95. The number of hydrogen-bond acceptors (Lipinski definition) is 1. The third-order valence-electron chi connectivity index (χ3n) is 7.26. The lowest BCUT2D eigenvalue weighted by Gasteiger charge is -2.26. The van der Waals surface area contributed by atoms with E-state index in [1.54, 1.807) is 0 Å². The van der Waals surface area contributed by atoms with Crippen LogP contribution in [0.3, 0.4) is 0 Å². The zero-order chi connectivity index (χ0) is 25.0. The number of benzene rings is 5. The third kappa shape index (κ3) is 4.97. The van der Waals surface area contributed by atoms with Crippen molar-refractivity contribution in [3.05, 3.63) is 139 Å². The third-order valence-corrected chi connectivity index (χ3v) is 7.26. The standard InChI is InChI=1S/C35H33N/c1-4-35(2,3)31-21-15-28(16-22-31)30-19-25-34(26-20-30)36(32-13-9-6-10-14-32)33-23-17-29(18-24-33)27-11-7-5-8-12-27/h5-26H,4H2,1-3H3. The second kappa shape index (κ2) is 10.3. The van der Waals surface area contributed by atoms with Gasteiger partial charge in [0.25, 0.3) is 0 Å². The minimum atomic E-state index is 0.203. The van der Waals surface area contributed by atoms with Crippen molar-refractivity contribution in [3.8, 4) is 22.3 Å². The van der Waals surface area contributed by atoms with Crippen LogP contribution in [-0.2, 0) is 5.41 Å². The van der Waals surface area contributed by atoms with Crippen molar-refractivity contribution >= 4 is 17.1 Å². The first kappa shape index (κ1) is 23.6. The van der Waals surface area contributed by atoms with E-state index in [9.17, 15) is 0 Å². The summed E-state index contributed by atoms with van der Waals surface area (Å²) < 4.78 is 0. The molecule has 178 valence electrons. The number of nitrogens with zero attached hydrogens (tertiary/aromatic N) is 1. The van der Waals surface area contributed by atoms with Gasteiger partial charge in [0.1, 0.15) is 0 Å². The molecule has 0 heterocycles. The number of hydrogen-bond donors (Lipinski definition) is 0. The predicted molar refractivity (Wildman–Crippen MR) is 155 cm³/mol. The van der Waals surface area contributed by atoms with Gasteiger partial charge >= 0.3 is 0 Å². The maximum absolute atomic E-state index is 2.31. The van der Waals surface area contributed by atoms with Gasteiger partial charge < -0.3 is 4.90 Å². The van der Waals surface area contributed by atoms with E-state index in [-0.39, 0.29) is 5.41 Å². The van der Waals surface area contributed by atoms with Crippen LogP contribution in [0.15, 0.2) is 133 Å². The van der Waals surface area contributed by atoms with E-state index in [1.807, 2.05) is 0 Å². The highest BCUT2D eigenvalue weighted by atomic mass is 15.1. The average molecular weight is 468 g/mol. The molecule has 0 aliphatic heterocycles. The summed E-state index contributed by atoms with van der Waals surface area (Å²) in [5, 5.41) is 0. The van der Waals surface area contributed by atoms with Crippen molar-refractivity contribution in [2.24, 2.45) is 0 Å². The van der Waals surface area contributed by atoms with E-state index in [1.165, 1.54) is 27.8 Å². The van der Waals surface area contributed by atoms with E-state index >= 15 is 0 Å². The monoisotopic (exact) mass is 467 g/mol. The van der Waals surface area contributed by atoms with Gasteiger partial charge in [-0.05, 0) is 76.1 Å². The average Bonchev–Trinajstić information content (AvgIpc) is 2.95. The van der Waals surface area contributed by atoms with Crippen LogP contribution in [0.25, 0.3) is 22.3 Å². The molecule has 0 unspecified atom stereocenters. The molecule has 0 aromatic heterocycles. The fourth-order valence-electron chi connectivity index (χ4n) is 4.58. The topological polar surface area (TPSA) is 3.24 Å². The molecule has 0 aliphatic rings. The van der Waals surface area contributed by atoms with Gasteiger partial charge in [-0.15, -0.1) is 0 Å². The molecule has 5 rings (SSSR count). The smallest absolute Gasteiger partial charge is 0.0462 e. The summed E-state index contributed by atoms with van der Waals surface area (Å²) in [5.74, 6) is 0. The molecule has 0 fully saturated rings. The molecule has 0 saturated heterocycles. The molecule has 5 aromatic carbocycles. The second-order valence-electron chi connectivity index (χ2n) is 9.95. The largest absolute Gasteiger partial charge is 0.311 e. The Morgan fingerprint density at radius 2 is 0.806 bits per heavy atom. The molecule has 0 bridgehead atoms. The van der Waals surface area contributed by atoms with E-state index in [0.29, 0.717) is 0 Å². The molecule has 0 N–H and O–H groups in total. The van der Waals surface area contributed by atoms with Crippen LogP contribution in [0, 0.1) is 0 Å². The Kier molecular flexibility index (Phi) is 6.73. The molecule has 1 heteroatoms. The maximum Gasteiger partial charge on any atom is 0.0462 e. The van der Waals surface area contributed by atoms with E-state index in [2.05, 4.69) is 159 Å². The summed E-state index contributed by atoms with van der Waals surface area (Å²) in [5.41, 5.74) is 9.94. The zero-order valence-electron chi connectivity index (χ0n) is 21.4. The van der Waals surface area contributed by atoms with Crippen molar-refractivity contribution < 1.29 is 0 Å². The molecule has 36 heavy (non-hydrogen) atoms. The summed E-state index contributed by atoms with van der Waals surface area (Å²) in [4.78, 5) is 2.31.